The van der Waals surface area contributed by atoms with Gasteiger partial charge in [0.15, 0.2) is 0 Å². The Morgan fingerprint density at radius 3 is 2.44 bits per heavy atom. The van der Waals surface area contributed by atoms with Gasteiger partial charge in [-0.25, -0.2) is 0 Å². The molecule has 2 heteroatoms. The van der Waals surface area contributed by atoms with Gasteiger partial charge in [-0.2, -0.15) is 5.26 Å². The lowest BCUT2D eigenvalue weighted by Gasteiger charge is -2.28. The maximum absolute atomic E-state index is 9.54. The van der Waals surface area contributed by atoms with E-state index in [-0.39, 0.29) is 5.41 Å². The Labute approximate surface area is 107 Å². The fourth-order valence-corrected chi connectivity index (χ4v) is 2.75. The number of benzene rings is 1. The molecule has 0 bridgehead atoms. The summed E-state index contributed by atoms with van der Waals surface area (Å²) in [6.45, 7) is 4.23. The van der Waals surface area contributed by atoms with Gasteiger partial charge in [-0.1, -0.05) is 66.5 Å². The highest BCUT2D eigenvalue weighted by molar-refractivity contribution is 9.09. The summed E-state index contributed by atoms with van der Waals surface area (Å²) in [6.07, 6.45) is 2.81. The van der Waals surface area contributed by atoms with Crippen LogP contribution >= 0.6 is 15.9 Å². The second-order valence-corrected chi connectivity index (χ2v) is 5.86. The summed E-state index contributed by atoms with van der Waals surface area (Å²) < 4.78 is 0. The third-order valence-electron chi connectivity index (χ3n) is 2.85. The number of nitrogens with zero attached hydrogens (tertiary/aromatic N) is 1. The van der Waals surface area contributed by atoms with E-state index in [0.717, 1.165) is 24.8 Å². The molecule has 1 nitrogen and oxygen atoms in total. The van der Waals surface area contributed by atoms with Gasteiger partial charge in [0, 0.05) is 4.83 Å². The number of rotatable bonds is 5. The molecule has 1 aromatic rings. The molecule has 1 rings (SSSR count). The van der Waals surface area contributed by atoms with E-state index in [1.165, 1.54) is 0 Å². The number of hydrogen-bond donors (Lipinski definition) is 0. The van der Waals surface area contributed by atoms with Gasteiger partial charge in [0.1, 0.15) is 0 Å². The van der Waals surface area contributed by atoms with Crippen molar-refractivity contribution in [3.63, 3.8) is 0 Å². The zero-order valence-electron chi connectivity index (χ0n) is 9.91. The van der Waals surface area contributed by atoms with E-state index in [4.69, 9.17) is 0 Å². The van der Waals surface area contributed by atoms with Crippen LogP contribution in [0.15, 0.2) is 30.3 Å². The third-order valence-corrected chi connectivity index (χ3v) is 3.17. The first kappa shape index (κ1) is 13.3. The van der Waals surface area contributed by atoms with E-state index in [1.807, 2.05) is 18.2 Å². The van der Waals surface area contributed by atoms with Gasteiger partial charge in [0.25, 0.3) is 0 Å². The molecular formula is C14H18BrN. The average Bonchev–Trinajstić information content (AvgIpc) is 2.29. The summed E-state index contributed by atoms with van der Waals surface area (Å²) in [4.78, 5) is 0.360. The number of alkyl halides is 1. The van der Waals surface area contributed by atoms with Crippen molar-refractivity contribution in [3.05, 3.63) is 35.9 Å². The Morgan fingerprint density at radius 1 is 1.38 bits per heavy atom. The highest BCUT2D eigenvalue weighted by Gasteiger charge is 2.32. The van der Waals surface area contributed by atoms with Crippen LogP contribution in [0.2, 0.25) is 0 Å². The van der Waals surface area contributed by atoms with E-state index in [0.29, 0.717) is 4.83 Å². The molecule has 16 heavy (non-hydrogen) atoms. The highest BCUT2D eigenvalue weighted by Crippen LogP contribution is 2.35. The largest absolute Gasteiger partial charge is 0.197 e. The topological polar surface area (TPSA) is 23.8 Å². The smallest absolute Gasteiger partial charge is 0.0832 e. The van der Waals surface area contributed by atoms with E-state index in [1.54, 1.807) is 0 Å². The molecule has 0 aromatic heterocycles. The van der Waals surface area contributed by atoms with Crippen molar-refractivity contribution < 1.29 is 0 Å². The molecule has 0 saturated heterocycles. The molecule has 86 valence electrons. The zero-order chi connectivity index (χ0) is 12.0. The molecule has 2 atom stereocenters. The van der Waals surface area contributed by atoms with Crippen LogP contribution in [0.1, 0.15) is 38.7 Å². The SMILES string of the molecule is CCC[C@@](C#N)(C[C@@H](C)Br)c1ccccc1. The standard InChI is InChI=1S/C14H18BrN/c1-3-9-14(11-16,10-12(2)15)13-7-5-4-6-8-13/h4-8,12H,3,9-10H2,1-2H3/t12-,14+/m1/s1. The van der Waals surface area contributed by atoms with Crippen LogP contribution in [0.4, 0.5) is 0 Å². The molecule has 0 aliphatic rings. The van der Waals surface area contributed by atoms with Crippen molar-refractivity contribution in [2.24, 2.45) is 0 Å². The highest BCUT2D eigenvalue weighted by atomic mass is 79.9. The first-order chi connectivity index (χ1) is 7.64. The fraction of sp³-hybridized carbons (Fsp3) is 0.500. The maximum Gasteiger partial charge on any atom is 0.0832 e. The normalized spacial score (nSPS) is 16.1. The molecule has 0 saturated carbocycles. The molecule has 0 aliphatic heterocycles. The lowest BCUT2D eigenvalue weighted by atomic mass is 9.75. The predicted molar refractivity (Wildman–Crippen MR) is 71.6 cm³/mol. The number of hydrogen-bond acceptors (Lipinski definition) is 1. The summed E-state index contributed by atoms with van der Waals surface area (Å²) >= 11 is 3.57. The van der Waals surface area contributed by atoms with E-state index < -0.39 is 0 Å². The lowest BCUT2D eigenvalue weighted by molar-refractivity contribution is 0.461. The summed E-state index contributed by atoms with van der Waals surface area (Å²) in [5.74, 6) is 0. The molecule has 0 fully saturated rings. The Morgan fingerprint density at radius 2 is 2.00 bits per heavy atom. The second-order valence-electron chi connectivity index (χ2n) is 4.29. The summed E-state index contributed by atoms with van der Waals surface area (Å²) in [5.41, 5.74) is 0.810. The molecule has 1 aromatic carbocycles. The van der Waals surface area contributed by atoms with Crippen LogP contribution in [0.5, 0.6) is 0 Å². The molecule has 0 unspecified atom stereocenters. The second kappa shape index (κ2) is 6.06. The van der Waals surface area contributed by atoms with Gasteiger partial charge < -0.3 is 0 Å². The maximum atomic E-state index is 9.54. The van der Waals surface area contributed by atoms with E-state index in [2.05, 4.69) is 48.0 Å². The average molecular weight is 280 g/mol. The summed E-state index contributed by atoms with van der Waals surface area (Å²) in [5, 5.41) is 9.54. The van der Waals surface area contributed by atoms with Crippen molar-refractivity contribution in [1.29, 1.82) is 5.26 Å². The van der Waals surface area contributed by atoms with Crippen molar-refractivity contribution in [2.45, 2.75) is 43.4 Å². The predicted octanol–water partition coefficient (Wildman–Crippen LogP) is 4.42. The van der Waals surface area contributed by atoms with Crippen molar-refractivity contribution in [2.75, 3.05) is 0 Å². The lowest BCUT2D eigenvalue weighted by Crippen LogP contribution is -2.26. The minimum absolute atomic E-state index is 0.334. The van der Waals surface area contributed by atoms with Gasteiger partial charge >= 0.3 is 0 Å². The van der Waals surface area contributed by atoms with Gasteiger partial charge in [-0.05, 0) is 18.4 Å². The van der Waals surface area contributed by atoms with Gasteiger partial charge in [-0.15, -0.1) is 0 Å². The Hall–Kier alpha value is -0.810. The Balaban J connectivity index is 3.08. The molecule has 0 heterocycles. The van der Waals surface area contributed by atoms with E-state index in [9.17, 15) is 5.26 Å². The Bertz CT molecular complexity index is 353. The van der Waals surface area contributed by atoms with Gasteiger partial charge in [0.05, 0.1) is 11.5 Å². The molecule has 0 N–H and O–H groups in total. The number of halogens is 1. The monoisotopic (exact) mass is 279 g/mol. The van der Waals surface area contributed by atoms with E-state index >= 15 is 0 Å². The van der Waals surface area contributed by atoms with Crippen LogP contribution in [-0.2, 0) is 5.41 Å². The fourth-order valence-electron chi connectivity index (χ4n) is 2.19. The summed E-state index contributed by atoms with van der Waals surface area (Å²) in [7, 11) is 0. The number of nitriles is 1. The van der Waals surface area contributed by atoms with Crippen LogP contribution < -0.4 is 0 Å². The Kier molecular flexibility index (Phi) is 5.02. The van der Waals surface area contributed by atoms with Gasteiger partial charge in [-0.3, -0.25) is 0 Å². The van der Waals surface area contributed by atoms with Crippen molar-refractivity contribution >= 4 is 15.9 Å². The summed E-state index contributed by atoms with van der Waals surface area (Å²) in [6, 6.07) is 12.7. The minimum atomic E-state index is -0.334. The molecule has 0 radical (unpaired) electrons. The quantitative estimate of drug-likeness (QED) is 0.732. The first-order valence-corrected chi connectivity index (χ1v) is 6.67. The van der Waals surface area contributed by atoms with Crippen molar-refractivity contribution in [3.8, 4) is 6.07 Å². The van der Waals surface area contributed by atoms with Crippen LogP contribution in [0.3, 0.4) is 0 Å². The molecule has 0 amide bonds. The molecule has 0 spiro atoms. The molecule has 0 aliphatic carbocycles. The minimum Gasteiger partial charge on any atom is -0.197 e. The third kappa shape index (κ3) is 3.09. The zero-order valence-corrected chi connectivity index (χ0v) is 11.5. The van der Waals surface area contributed by atoms with Crippen LogP contribution in [-0.4, -0.2) is 4.83 Å². The molecular weight excluding hydrogens is 262 g/mol. The van der Waals surface area contributed by atoms with Gasteiger partial charge in [0.2, 0.25) is 0 Å². The van der Waals surface area contributed by atoms with Crippen LogP contribution in [0.25, 0.3) is 0 Å². The first-order valence-electron chi connectivity index (χ1n) is 5.75. The van der Waals surface area contributed by atoms with Crippen LogP contribution in [0, 0.1) is 11.3 Å². The van der Waals surface area contributed by atoms with Crippen molar-refractivity contribution in [1.82, 2.24) is 0 Å².